The van der Waals surface area contributed by atoms with Gasteiger partial charge in [-0.2, -0.15) is 0 Å². The highest BCUT2D eigenvalue weighted by Gasteiger charge is 2.45. The first-order valence-corrected chi connectivity index (χ1v) is 11.0. The van der Waals surface area contributed by atoms with Crippen molar-refractivity contribution in [2.45, 2.75) is 26.3 Å². The number of hydrogen-bond acceptors (Lipinski definition) is 6. The molecule has 0 saturated heterocycles. The Bertz CT molecular complexity index is 1410. The average molecular weight is 495 g/mol. The fourth-order valence-electron chi connectivity index (χ4n) is 3.96. The zero-order chi connectivity index (χ0) is 22.4. The number of nitrogens with zero attached hydrogens (tertiary/aromatic N) is 2. The minimum absolute atomic E-state index is 0.00959. The molecule has 4 aromatic rings. The van der Waals surface area contributed by atoms with E-state index in [0.29, 0.717) is 40.5 Å². The van der Waals surface area contributed by atoms with Crippen molar-refractivity contribution in [3.8, 4) is 5.75 Å². The second-order valence-corrected chi connectivity index (χ2v) is 8.52. The summed E-state index contributed by atoms with van der Waals surface area (Å²) in [4.78, 5) is 28.5. The maximum atomic E-state index is 13.6. The Morgan fingerprint density at radius 1 is 1.16 bits per heavy atom. The Morgan fingerprint density at radius 2 is 2.00 bits per heavy atom. The summed E-state index contributed by atoms with van der Waals surface area (Å²) < 4.78 is 17.7. The number of halogens is 1. The predicted molar refractivity (Wildman–Crippen MR) is 122 cm³/mol. The van der Waals surface area contributed by atoms with Gasteiger partial charge in [0.25, 0.3) is 5.91 Å². The predicted octanol–water partition coefficient (Wildman–Crippen LogP) is 5.39. The highest BCUT2D eigenvalue weighted by Crippen LogP contribution is 2.41. The van der Waals surface area contributed by atoms with Crippen LogP contribution in [0.25, 0.3) is 11.0 Å². The van der Waals surface area contributed by atoms with Crippen molar-refractivity contribution in [2.75, 3.05) is 11.5 Å². The molecule has 1 aliphatic rings. The molecule has 1 unspecified atom stereocenters. The van der Waals surface area contributed by atoms with Gasteiger partial charge in [-0.3, -0.25) is 14.5 Å². The van der Waals surface area contributed by atoms with Gasteiger partial charge >= 0.3 is 0 Å². The van der Waals surface area contributed by atoms with Crippen molar-refractivity contribution in [3.05, 3.63) is 85.9 Å². The largest absolute Gasteiger partial charge is 0.494 e. The number of carbonyl (C=O) groups is 1. The normalized spacial score (nSPS) is 15.4. The lowest BCUT2D eigenvalue weighted by Crippen LogP contribution is -2.29. The summed E-state index contributed by atoms with van der Waals surface area (Å²) in [5.74, 6) is 1.09. The Morgan fingerprint density at radius 3 is 2.75 bits per heavy atom. The lowest BCUT2D eigenvalue weighted by atomic mass is 9.98. The van der Waals surface area contributed by atoms with Crippen LogP contribution in [-0.2, 0) is 0 Å². The van der Waals surface area contributed by atoms with Gasteiger partial charge in [0.2, 0.25) is 5.76 Å². The van der Waals surface area contributed by atoms with Crippen LogP contribution in [0.4, 0.5) is 5.82 Å². The Labute approximate surface area is 191 Å². The number of carbonyl (C=O) groups excluding carboxylic acids is 1. The Hall–Kier alpha value is -3.39. The number of aromatic nitrogens is 1. The first-order valence-electron chi connectivity index (χ1n) is 10.2. The molecule has 8 heteroatoms. The first-order chi connectivity index (χ1) is 15.5. The number of anilines is 1. The number of rotatable bonds is 5. The van der Waals surface area contributed by atoms with Crippen LogP contribution in [0.1, 0.15) is 46.8 Å². The molecule has 7 nitrogen and oxygen atoms in total. The molecule has 162 valence electrons. The molecule has 3 heterocycles. The number of fused-ring (bicyclic) bond motifs is 2. The van der Waals surface area contributed by atoms with Crippen molar-refractivity contribution in [3.63, 3.8) is 0 Å². The van der Waals surface area contributed by atoms with Crippen molar-refractivity contribution >= 4 is 38.6 Å². The minimum Gasteiger partial charge on any atom is -0.494 e. The zero-order valence-corrected chi connectivity index (χ0v) is 19.0. The summed E-state index contributed by atoms with van der Waals surface area (Å²) in [5, 5.41) is 4.44. The highest BCUT2D eigenvalue weighted by atomic mass is 79.9. The van der Waals surface area contributed by atoms with Crippen molar-refractivity contribution in [2.24, 2.45) is 0 Å². The van der Waals surface area contributed by atoms with E-state index in [4.69, 9.17) is 13.7 Å². The smallest absolute Gasteiger partial charge is 0.296 e. The van der Waals surface area contributed by atoms with Gasteiger partial charge in [-0.15, -0.1) is 0 Å². The lowest BCUT2D eigenvalue weighted by Gasteiger charge is -2.22. The molecule has 0 N–H and O–H groups in total. The Balaban J connectivity index is 1.76. The van der Waals surface area contributed by atoms with Gasteiger partial charge in [-0.1, -0.05) is 40.1 Å². The summed E-state index contributed by atoms with van der Waals surface area (Å²) in [5.41, 5.74) is 1.08. The molecule has 0 spiro atoms. The summed E-state index contributed by atoms with van der Waals surface area (Å²) in [6.07, 6.45) is 0.865. The molecule has 0 fully saturated rings. The molecule has 0 bridgehead atoms. The molecule has 2 aromatic heterocycles. The third-order valence-corrected chi connectivity index (χ3v) is 5.83. The number of benzene rings is 2. The second-order valence-electron chi connectivity index (χ2n) is 7.61. The lowest BCUT2D eigenvalue weighted by molar-refractivity contribution is 0.0969. The van der Waals surface area contributed by atoms with E-state index in [-0.39, 0.29) is 16.8 Å². The van der Waals surface area contributed by atoms with Gasteiger partial charge in [0, 0.05) is 10.5 Å². The molecule has 1 amide bonds. The monoisotopic (exact) mass is 494 g/mol. The van der Waals surface area contributed by atoms with E-state index >= 15 is 0 Å². The summed E-state index contributed by atoms with van der Waals surface area (Å²) in [6, 6.07) is 13.5. The number of amides is 1. The van der Waals surface area contributed by atoms with E-state index in [2.05, 4.69) is 21.1 Å². The molecule has 1 aliphatic heterocycles. The maximum Gasteiger partial charge on any atom is 0.296 e. The summed E-state index contributed by atoms with van der Waals surface area (Å²) >= 11 is 3.41. The summed E-state index contributed by atoms with van der Waals surface area (Å²) in [7, 11) is 0. The van der Waals surface area contributed by atoms with E-state index in [1.807, 2.05) is 31.2 Å². The van der Waals surface area contributed by atoms with Gasteiger partial charge in [-0.25, -0.2) is 0 Å². The van der Waals surface area contributed by atoms with Crippen LogP contribution in [-0.4, -0.2) is 17.7 Å². The maximum absolute atomic E-state index is 13.6. The van der Waals surface area contributed by atoms with Gasteiger partial charge < -0.3 is 13.7 Å². The Kier molecular flexibility index (Phi) is 5.09. The standard InChI is InChI=1S/C24H19BrN2O5/c1-3-9-30-16-6-4-5-14(11-16)21-20-22(28)17-12-15(25)7-8-18(17)31-23(20)24(29)27(21)19-10-13(2)32-26-19/h4-8,10-12,21H,3,9H2,1-2H3. The number of aryl methyl sites for hydroxylation is 1. The molecule has 5 rings (SSSR count). The van der Waals surface area contributed by atoms with E-state index in [9.17, 15) is 9.59 Å². The van der Waals surface area contributed by atoms with Crippen LogP contribution in [0.3, 0.4) is 0 Å². The van der Waals surface area contributed by atoms with Crippen LogP contribution < -0.4 is 15.1 Å². The van der Waals surface area contributed by atoms with E-state index < -0.39 is 11.9 Å². The van der Waals surface area contributed by atoms with E-state index in [1.54, 1.807) is 31.2 Å². The molecule has 2 aromatic carbocycles. The summed E-state index contributed by atoms with van der Waals surface area (Å²) in [6.45, 7) is 4.34. The number of ether oxygens (including phenoxy) is 1. The quantitative estimate of drug-likeness (QED) is 0.369. The third kappa shape index (κ3) is 3.31. The second kappa shape index (κ2) is 7.94. The minimum atomic E-state index is -0.730. The van der Waals surface area contributed by atoms with E-state index in [0.717, 1.165) is 10.9 Å². The van der Waals surface area contributed by atoms with E-state index in [1.165, 1.54) is 4.90 Å². The van der Waals surface area contributed by atoms with Crippen LogP contribution in [0.15, 0.2) is 66.7 Å². The third-order valence-electron chi connectivity index (χ3n) is 5.34. The fourth-order valence-corrected chi connectivity index (χ4v) is 4.32. The van der Waals surface area contributed by atoms with Crippen LogP contribution >= 0.6 is 15.9 Å². The zero-order valence-electron chi connectivity index (χ0n) is 17.4. The number of hydrogen-bond donors (Lipinski definition) is 0. The fraction of sp³-hybridized carbons (Fsp3) is 0.208. The van der Waals surface area contributed by atoms with Gasteiger partial charge in [0.1, 0.15) is 17.1 Å². The average Bonchev–Trinajstić information content (AvgIpc) is 3.34. The molecule has 0 saturated carbocycles. The highest BCUT2D eigenvalue weighted by molar-refractivity contribution is 9.10. The molecular formula is C24H19BrN2O5. The molecular weight excluding hydrogens is 476 g/mol. The van der Waals surface area contributed by atoms with Crippen molar-refractivity contribution < 1.29 is 18.5 Å². The van der Waals surface area contributed by atoms with Crippen molar-refractivity contribution in [1.82, 2.24) is 5.16 Å². The molecule has 0 radical (unpaired) electrons. The SMILES string of the molecule is CCCOc1cccc(C2c3c(oc4ccc(Br)cc4c3=O)C(=O)N2c2cc(C)on2)c1. The topological polar surface area (TPSA) is 85.8 Å². The molecule has 32 heavy (non-hydrogen) atoms. The van der Waals surface area contributed by atoms with Crippen LogP contribution in [0.5, 0.6) is 5.75 Å². The molecule has 1 atom stereocenters. The first kappa shape index (κ1) is 20.5. The van der Waals surface area contributed by atoms with Gasteiger partial charge in [-0.05, 0) is 49.2 Å². The molecule has 0 aliphatic carbocycles. The van der Waals surface area contributed by atoms with Crippen molar-refractivity contribution in [1.29, 1.82) is 0 Å². The van der Waals surface area contributed by atoms with Crippen LogP contribution in [0.2, 0.25) is 0 Å². The van der Waals surface area contributed by atoms with Crippen LogP contribution in [0, 0.1) is 6.92 Å². The van der Waals surface area contributed by atoms with Gasteiger partial charge in [0.15, 0.2) is 11.2 Å². The van der Waals surface area contributed by atoms with Gasteiger partial charge in [0.05, 0.1) is 23.6 Å².